The Morgan fingerprint density at radius 1 is 1.46 bits per heavy atom. The summed E-state index contributed by atoms with van der Waals surface area (Å²) in [6.07, 6.45) is 0. The molecule has 0 unspecified atom stereocenters. The van der Waals surface area contributed by atoms with Crippen LogP contribution in [0.2, 0.25) is 0 Å². The van der Waals surface area contributed by atoms with Gasteiger partial charge in [0.1, 0.15) is 6.07 Å². The van der Waals surface area contributed by atoms with Gasteiger partial charge in [0.2, 0.25) is 0 Å². The first kappa shape index (κ1) is 8.09. The van der Waals surface area contributed by atoms with Crippen molar-refractivity contribution in [3.63, 3.8) is 0 Å². The van der Waals surface area contributed by atoms with E-state index in [0.717, 1.165) is 26.2 Å². The number of benzene rings is 1. The van der Waals surface area contributed by atoms with Gasteiger partial charge in [-0.2, -0.15) is 5.26 Å². The minimum Gasteiger partial charge on any atom is -0.398 e. The third-order valence-corrected chi connectivity index (χ3v) is 3.20. The van der Waals surface area contributed by atoms with Gasteiger partial charge in [-0.15, -0.1) is 11.3 Å². The van der Waals surface area contributed by atoms with Crippen molar-refractivity contribution < 1.29 is 0 Å². The van der Waals surface area contributed by atoms with Gasteiger partial charge in [0.05, 0.1) is 10.3 Å². The number of anilines is 1. The lowest BCUT2D eigenvalue weighted by atomic mass is 10.1. The zero-order chi connectivity index (χ0) is 9.42. The molecule has 2 aromatic rings. The lowest BCUT2D eigenvalue weighted by molar-refractivity contribution is 1.48. The Labute approximate surface area is 80.2 Å². The van der Waals surface area contributed by atoms with Crippen LogP contribution >= 0.6 is 11.3 Å². The molecule has 64 valence electrons. The highest BCUT2D eigenvalue weighted by atomic mass is 32.1. The number of aryl methyl sites for hydroxylation is 1. The quantitative estimate of drug-likeness (QED) is 0.646. The Morgan fingerprint density at radius 2 is 2.23 bits per heavy atom. The second-order valence-electron chi connectivity index (χ2n) is 2.87. The molecule has 2 N–H and O–H groups in total. The molecule has 0 atom stereocenters. The van der Waals surface area contributed by atoms with Crippen LogP contribution in [-0.2, 0) is 0 Å². The summed E-state index contributed by atoms with van der Waals surface area (Å²) in [6.45, 7) is 1.95. The highest BCUT2D eigenvalue weighted by molar-refractivity contribution is 7.19. The molecule has 0 fully saturated rings. The lowest BCUT2D eigenvalue weighted by Crippen LogP contribution is -1.82. The Kier molecular flexibility index (Phi) is 1.71. The molecule has 1 heterocycles. The van der Waals surface area contributed by atoms with Gasteiger partial charge in [0.25, 0.3) is 0 Å². The van der Waals surface area contributed by atoms with E-state index >= 15 is 0 Å². The van der Waals surface area contributed by atoms with Crippen molar-refractivity contribution in [1.29, 1.82) is 5.26 Å². The second kappa shape index (κ2) is 2.75. The zero-order valence-corrected chi connectivity index (χ0v) is 7.98. The standard InChI is InChI=1S/C10H8N2S/c1-6-8(5-11)7-3-2-4-9(12)10(7)13-6/h2-4H,12H2,1H3. The number of nitrogens with two attached hydrogens (primary N) is 1. The van der Waals surface area contributed by atoms with Crippen molar-refractivity contribution in [3.05, 3.63) is 28.6 Å². The fourth-order valence-electron chi connectivity index (χ4n) is 1.40. The molecule has 0 spiro atoms. The predicted molar refractivity (Wildman–Crippen MR) is 55.7 cm³/mol. The highest BCUT2D eigenvalue weighted by Gasteiger charge is 2.09. The summed E-state index contributed by atoms with van der Waals surface area (Å²) in [6, 6.07) is 7.88. The van der Waals surface area contributed by atoms with E-state index in [1.54, 1.807) is 11.3 Å². The van der Waals surface area contributed by atoms with Crippen molar-refractivity contribution in [2.24, 2.45) is 0 Å². The largest absolute Gasteiger partial charge is 0.398 e. The maximum atomic E-state index is 8.91. The van der Waals surface area contributed by atoms with E-state index in [9.17, 15) is 0 Å². The van der Waals surface area contributed by atoms with Crippen LogP contribution in [0.1, 0.15) is 10.4 Å². The van der Waals surface area contributed by atoms with E-state index in [2.05, 4.69) is 6.07 Å². The van der Waals surface area contributed by atoms with Crippen LogP contribution in [0.4, 0.5) is 5.69 Å². The van der Waals surface area contributed by atoms with E-state index < -0.39 is 0 Å². The Hall–Kier alpha value is -1.53. The van der Waals surface area contributed by atoms with E-state index in [-0.39, 0.29) is 0 Å². The molecule has 0 radical (unpaired) electrons. The Bertz CT molecular complexity index is 505. The molecular weight excluding hydrogens is 180 g/mol. The van der Waals surface area contributed by atoms with E-state index in [4.69, 9.17) is 11.0 Å². The van der Waals surface area contributed by atoms with Gasteiger partial charge in [0.15, 0.2) is 0 Å². The van der Waals surface area contributed by atoms with Crippen LogP contribution in [0.3, 0.4) is 0 Å². The molecule has 0 aliphatic rings. The van der Waals surface area contributed by atoms with Crippen LogP contribution in [-0.4, -0.2) is 0 Å². The van der Waals surface area contributed by atoms with Crippen LogP contribution < -0.4 is 5.73 Å². The summed E-state index contributed by atoms with van der Waals surface area (Å²) in [5, 5.41) is 9.89. The number of nitrogen functional groups attached to an aromatic ring is 1. The maximum absolute atomic E-state index is 8.91. The summed E-state index contributed by atoms with van der Waals surface area (Å²) < 4.78 is 1.02. The molecule has 0 bridgehead atoms. The first-order valence-electron chi connectivity index (χ1n) is 3.91. The SMILES string of the molecule is Cc1sc2c(N)cccc2c1C#N. The fraction of sp³-hybridized carbons (Fsp3) is 0.100. The number of nitrogens with zero attached hydrogens (tertiary/aromatic N) is 1. The Morgan fingerprint density at radius 3 is 2.92 bits per heavy atom. The average molecular weight is 188 g/mol. The van der Waals surface area contributed by atoms with Crippen molar-refractivity contribution in [3.8, 4) is 6.07 Å². The van der Waals surface area contributed by atoms with Crippen LogP contribution in [0.5, 0.6) is 0 Å². The van der Waals surface area contributed by atoms with Gasteiger partial charge >= 0.3 is 0 Å². The number of fused-ring (bicyclic) bond motifs is 1. The summed E-state index contributed by atoms with van der Waals surface area (Å²) >= 11 is 1.58. The molecule has 0 saturated carbocycles. The number of rotatable bonds is 0. The van der Waals surface area contributed by atoms with Gasteiger partial charge in [-0.25, -0.2) is 0 Å². The normalized spacial score (nSPS) is 10.2. The van der Waals surface area contributed by atoms with Crippen molar-refractivity contribution >= 4 is 27.1 Å². The van der Waals surface area contributed by atoms with Gasteiger partial charge in [0, 0.05) is 16.0 Å². The first-order chi connectivity index (χ1) is 6.24. The molecule has 3 heteroatoms. The smallest absolute Gasteiger partial charge is 0.101 e. The predicted octanol–water partition coefficient (Wildman–Crippen LogP) is 2.66. The summed E-state index contributed by atoms with van der Waals surface area (Å²) in [4.78, 5) is 1.04. The fourth-order valence-corrected chi connectivity index (χ4v) is 2.43. The minimum absolute atomic E-state index is 0.757. The molecule has 13 heavy (non-hydrogen) atoms. The molecule has 2 nitrogen and oxygen atoms in total. The topological polar surface area (TPSA) is 49.8 Å². The minimum atomic E-state index is 0.757. The molecule has 1 aromatic heterocycles. The lowest BCUT2D eigenvalue weighted by Gasteiger charge is -1.93. The average Bonchev–Trinajstić information content (AvgIpc) is 2.43. The van der Waals surface area contributed by atoms with E-state index in [1.807, 2.05) is 25.1 Å². The summed E-state index contributed by atoms with van der Waals surface area (Å²) in [5.74, 6) is 0. The molecule has 0 amide bonds. The third kappa shape index (κ3) is 1.07. The van der Waals surface area contributed by atoms with Gasteiger partial charge in [-0.3, -0.25) is 0 Å². The third-order valence-electron chi connectivity index (χ3n) is 2.03. The van der Waals surface area contributed by atoms with Gasteiger partial charge in [-0.05, 0) is 13.0 Å². The zero-order valence-electron chi connectivity index (χ0n) is 7.16. The van der Waals surface area contributed by atoms with Crippen molar-refractivity contribution in [2.45, 2.75) is 6.92 Å². The number of hydrogen-bond acceptors (Lipinski definition) is 3. The van der Waals surface area contributed by atoms with Crippen molar-refractivity contribution in [2.75, 3.05) is 5.73 Å². The van der Waals surface area contributed by atoms with Crippen molar-refractivity contribution in [1.82, 2.24) is 0 Å². The monoisotopic (exact) mass is 188 g/mol. The molecule has 0 aliphatic heterocycles. The number of thiophene rings is 1. The second-order valence-corrected chi connectivity index (χ2v) is 4.09. The van der Waals surface area contributed by atoms with E-state index in [0.29, 0.717) is 0 Å². The number of nitriles is 1. The molecule has 0 saturated heterocycles. The number of hydrogen-bond donors (Lipinski definition) is 1. The molecular formula is C10H8N2S. The molecule has 0 aliphatic carbocycles. The van der Waals surface area contributed by atoms with E-state index in [1.165, 1.54) is 0 Å². The summed E-state index contributed by atoms with van der Waals surface area (Å²) in [5.41, 5.74) is 7.31. The Balaban J connectivity index is 2.96. The van der Waals surface area contributed by atoms with Crippen LogP contribution in [0, 0.1) is 18.3 Å². The van der Waals surface area contributed by atoms with Crippen LogP contribution in [0.15, 0.2) is 18.2 Å². The molecule has 2 rings (SSSR count). The summed E-state index contributed by atoms with van der Waals surface area (Å²) in [7, 11) is 0. The maximum Gasteiger partial charge on any atom is 0.101 e. The first-order valence-corrected chi connectivity index (χ1v) is 4.73. The highest BCUT2D eigenvalue weighted by Crippen LogP contribution is 2.33. The van der Waals surface area contributed by atoms with Gasteiger partial charge in [-0.1, -0.05) is 12.1 Å². The molecule has 1 aromatic carbocycles. The van der Waals surface area contributed by atoms with Crippen LogP contribution in [0.25, 0.3) is 10.1 Å². The van der Waals surface area contributed by atoms with Gasteiger partial charge < -0.3 is 5.73 Å².